The van der Waals surface area contributed by atoms with Gasteiger partial charge in [0.1, 0.15) is 0 Å². The summed E-state index contributed by atoms with van der Waals surface area (Å²) in [5, 5.41) is 0. The molecular formula is C16H22. The Labute approximate surface area is 99.7 Å². The second-order valence-electron chi connectivity index (χ2n) is 5.07. The first-order valence-electron chi connectivity index (χ1n) is 5.89. The summed E-state index contributed by atoms with van der Waals surface area (Å²) in [5.41, 5.74) is 4.18. The van der Waals surface area contributed by atoms with E-state index in [2.05, 4.69) is 70.2 Å². The van der Waals surface area contributed by atoms with Gasteiger partial charge in [0.15, 0.2) is 0 Å². The van der Waals surface area contributed by atoms with Crippen molar-refractivity contribution in [3.63, 3.8) is 0 Å². The molecule has 0 nitrogen and oxygen atoms in total. The van der Waals surface area contributed by atoms with Gasteiger partial charge in [-0.25, -0.2) is 0 Å². The fraction of sp³-hybridized carbons (Fsp3) is 0.375. The van der Waals surface area contributed by atoms with Crippen molar-refractivity contribution < 1.29 is 0 Å². The highest BCUT2D eigenvalue weighted by Crippen LogP contribution is 2.24. The number of allylic oxidation sites excluding steroid dienone is 4. The number of hydrogen-bond donors (Lipinski definition) is 0. The van der Waals surface area contributed by atoms with Crippen molar-refractivity contribution in [2.24, 2.45) is 0 Å². The molecule has 0 aliphatic rings. The molecule has 0 atom stereocenters. The first kappa shape index (κ1) is 12.8. The van der Waals surface area contributed by atoms with Gasteiger partial charge in [-0.3, -0.25) is 0 Å². The predicted molar refractivity (Wildman–Crippen MR) is 73.6 cm³/mol. The zero-order valence-corrected chi connectivity index (χ0v) is 11.0. The lowest BCUT2D eigenvalue weighted by Gasteiger charge is -2.19. The molecule has 0 N–H and O–H groups in total. The van der Waals surface area contributed by atoms with Crippen LogP contribution in [0.3, 0.4) is 0 Å². The minimum absolute atomic E-state index is 0.231. The van der Waals surface area contributed by atoms with Crippen molar-refractivity contribution in [2.45, 2.75) is 40.0 Å². The Balaban J connectivity index is 3.04. The molecular weight excluding hydrogens is 192 g/mol. The molecule has 0 heteroatoms. The Hall–Kier alpha value is -1.30. The maximum absolute atomic E-state index is 2.24. The molecule has 16 heavy (non-hydrogen) atoms. The van der Waals surface area contributed by atoms with Gasteiger partial charge in [0.2, 0.25) is 0 Å². The summed E-state index contributed by atoms with van der Waals surface area (Å²) in [7, 11) is 0. The minimum Gasteiger partial charge on any atom is -0.0871 e. The molecule has 0 aromatic heterocycles. The SMILES string of the molecule is CC=CC(=CC)c1ccc(C(C)(C)C)cc1. The molecule has 0 fully saturated rings. The third-order valence-corrected chi connectivity index (χ3v) is 2.74. The predicted octanol–water partition coefficient (Wildman–Crippen LogP) is 4.96. The Morgan fingerprint density at radius 2 is 1.56 bits per heavy atom. The summed E-state index contributed by atoms with van der Waals surface area (Å²) in [6.07, 6.45) is 6.37. The van der Waals surface area contributed by atoms with E-state index in [1.54, 1.807) is 0 Å². The molecule has 1 aromatic carbocycles. The second-order valence-corrected chi connectivity index (χ2v) is 5.07. The molecule has 0 saturated carbocycles. The standard InChI is InChI=1S/C16H22/c1-6-8-13(7-2)14-9-11-15(12-10-14)16(3,4)5/h6-12H,1-5H3. The van der Waals surface area contributed by atoms with Gasteiger partial charge < -0.3 is 0 Å². The van der Waals surface area contributed by atoms with Crippen molar-refractivity contribution in [1.82, 2.24) is 0 Å². The van der Waals surface area contributed by atoms with Gasteiger partial charge >= 0.3 is 0 Å². The topological polar surface area (TPSA) is 0 Å². The van der Waals surface area contributed by atoms with Crippen molar-refractivity contribution in [3.8, 4) is 0 Å². The fourth-order valence-electron chi connectivity index (χ4n) is 1.70. The number of rotatable bonds is 2. The van der Waals surface area contributed by atoms with E-state index in [0.29, 0.717) is 0 Å². The van der Waals surface area contributed by atoms with Crippen LogP contribution in [-0.2, 0) is 5.41 Å². The van der Waals surface area contributed by atoms with Crippen LogP contribution in [0.2, 0.25) is 0 Å². The van der Waals surface area contributed by atoms with Crippen molar-refractivity contribution in [1.29, 1.82) is 0 Å². The molecule has 0 radical (unpaired) electrons. The Bertz CT molecular complexity index is 383. The van der Waals surface area contributed by atoms with Gasteiger partial charge in [-0.15, -0.1) is 0 Å². The smallest absolute Gasteiger partial charge is 0.0132 e. The zero-order valence-electron chi connectivity index (χ0n) is 11.0. The molecule has 1 rings (SSSR count). The minimum atomic E-state index is 0.231. The van der Waals surface area contributed by atoms with Gasteiger partial charge in [0, 0.05) is 0 Å². The van der Waals surface area contributed by atoms with Crippen LogP contribution in [0.5, 0.6) is 0 Å². The molecule has 0 spiro atoms. The van der Waals surface area contributed by atoms with Crippen LogP contribution in [0.25, 0.3) is 5.57 Å². The van der Waals surface area contributed by atoms with E-state index in [0.717, 1.165) is 0 Å². The Morgan fingerprint density at radius 1 is 1.00 bits per heavy atom. The van der Waals surface area contributed by atoms with Gasteiger partial charge in [-0.1, -0.05) is 63.3 Å². The highest BCUT2D eigenvalue weighted by molar-refractivity contribution is 5.73. The van der Waals surface area contributed by atoms with E-state index in [1.165, 1.54) is 16.7 Å². The van der Waals surface area contributed by atoms with E-state index in [9.17, 15) is 0 Å². The largest absolute Gasteiger partial charge is 0.0871 e. The summed E-state index contributed by atoms with van der Waals surface area (Å²) < 4.78 is 0. The van der Waals surface area contributed by atoms with E-state index in [1.807, 2.05) is 6.92 Å². The van der Waals surface area contributed by atoms with E-state index < -0.39 is 0 Å². The van der Waals surface area contributed by atoms with E-state index in [-0.39, 0.29) is 5.41 Å². The van der Waals surface area contributed by atoms with Crippen LogP contribution in [0.15, 0.2) is 42.5 Å². The summed E-state index contributed by atoms with van der Waals surface area (Å²) in [5.74, 6) is 0. The van der Waals surface area contributed by atoms with Crippen molar-refractivity contribution >= 4 is 5.57 Å². The van der Waals surface area contributed by atoms with Crippen LogP contribution >= 0.6 is 0 Å². The maximum atomic E-state index is 2.24. The van der Waals surface area contributed by atoms with Crippen LogP contribution in [0, 0.1) is 0 Å². The molecule has 86 valence electrons. The van der Waals surface area contributed by atoms with Crippen molar-refractivity contribution in [3.05, 3.63) is 53.6 Å². The Kier molecular flexibility index (Phi) is 4.12. The summed E-state index contributed by atoms with van der Waals surface area (Å²) >= 11 is 0. The maximum Gasteiger partial charge on any atom is -0.0132 e. The highest BCUT2D eigenvalue weighted by atomic mass is 14.2. The summed E-state index contributed by atoms with van der Waals surface area (Å²) in [4.78, 5) is 0. The molecule has 0 aliphatic carbocycles. The number of hydrogen-bond acceptors (Lipinski definition) is 0. The van der Waals surface area contributed by atoms with Gasteiger partial charge in [0.25, 0.3) is 0 Å². The monoisotopic (exact) mass is 214 g/mol. The number of benzene rings is 1. The van der Waals surface area contributed by atoms with Crippen LogP contribution in [-0.4, -0.2) is 0 Å². The normalized spacial score (nSPS) is 13.4. The van der Waals surface area contributed by atoms with E-state index >= 15 is 0 Å². The third kappa shape index (κ3) is 3.10. The van der Waals surface area contributed by atoms with Crippen LogP contribution in [0.1, 0.15) is 45.7 Å². The quantitative estimate of drug-likeness (QED) is 0.610. The van der Waals surface area contributed by atoms with Gasteiger partial charge in [-0.2, -0.15) is 0 Å². The Morgan fingerprint density at radius 3 is 1.94 bits per heavy atom. The fourth-order valence-corrected chi connectivity index (χ4v) is 1.70. The van der Waals surface area contributed by atoms with Crippen molar-refractivity contribution in [2.75, 3.05) is 0 Å². The average molecular weight is 214 g/mol. The first-order valence-corrected chi connectivity index (χ1v) is 5.89. The third-order valence-electron chi connectivity index (χ3n) is 2.74. The molecule has 0 aliphatic heterocycles. The molecule has 0 bridgehead atoms. The van der Waals surface area contributed by atoms with Crippen LogP contribution < -0.4 is 0 Å². The lowest BCUT2D eigenvalue weighted by molar-refractivity contribution is 0.590. The lowest BCUT2D eigenvalue weighted by Crippen LogP contribution is -2.10. The second kappa shape index (κ2) is 5.16. The van der Waals surface area contributed by atoms with Crippen LogP contribution in [0.4, 0.5) is 0 Å². The molecule has 0 unspecified atom stereocenters. The lowest BCUT2D eigenvalue weighted by atomic mass is 9.86. The summed E-state index contributed by atoms with van der Waals surface area (Å²) in [6, 6.07) is 8.86. The summed E-state index contributed by atoms with van der Waals surface area (Å²) in [6.45, 7) is 10.8. The molecule has 0 heterocycles. The van der Waals surface area contributed by atoms with Gasteiger partial charge in [0.05, 0.1) is 0 Å². The van der Waals surface area contributed by atoms with E-state index in [4.69, 9.17) is 0 Å². The average Bonchev–Trinajstić information content (AvgIpc) is 2.25. The molecule has 1 aromatic rings. The molecule has 0 amide bonds. The molecule has 0 saturated heterocycles. The zero-order chi connectivity index (χ0) is 12.2. The van der Waals surface area contributed by atoms with Gasteiger partial charge in [-0.05, 0) is 36.0 Å². The highest BCUT2D eigenvalue weighted by Gasteiger charge is 2.12. The first-order chi connectivity index (χ1) is 7.49.